The molecule has 1 rings (SSSR count). The van der Waals surface area contributed by atoms with Crippen LogP contribution in [0.3, 0.4) is 0 Å². The number of carbonyl (C=O) groups excluding carboxylic acids is 1. The van der Waals surface area contributed by atoms with Gasteiger partial charge in [-0.2, -0.15) is 5.10 Å². The molecule has 0 aliphatic carbocycles. The van der Waals surface area contributed by atoms with E-state index in [1.165, 1.54) is 0 Å². The smallest absolute Gasteiger partial charge is 0.305 e. The highest BCUT2D eigenvalue weighted by Gasteiger charge is 2.29. The molecule has 0 aliphatic heterocycles. The second kappa shape index (κ2) is 6.94. The molecule has 6 nitrogen and oxygen atoms in total. The number of carboxylic acid groups (broad SMARTS) is 1. The summed E-state index contributed by atoms with van der Waals surface area (Å²) in [5.41, 5.74) is 2.36. The molecule has 0 aromatic carbocycles. The summed E-state index contributed by atoms with van der Waals surface area (Å²) in [6, 6.07) is 0. The monoisotopic (exact) mass is 309 g/mol. The van der Waals surface area contributed by atoms with Crippen molar-refractivity contribution in [1.82, 2.24) is 15.1 Å². The zero-order chi connectivity index (χ0) is 17.1. The maximum atomic E-state index is 12.4. The van der Waals surface area contributed by atoms with Gasteiger partial charge < -0.3 is 10.4 Å². The molecule has 0 aliphatic rings. The normalized spacial score (nSPS) is 15.2. The molecule has 0 saturated carbocycles. The molecule has 22 heavy (non-hydrogen) atoms. The lowest BCUT2D eigenvalue weighted by Crippen LogP contribution is -2.49. The molecule has 0 bridgehead atoms. The summed E-state index contributed by atoms with van der Waals surface area (Å²) in [7, 11) is 1.89. The molecule has 6 heteroatoms. The van der Waals surface area contributed by atoms with Crippen molar-refractivity contribution in [3.05, 3.63) is 17.0 Å². The van der Waals surface area contributed by atoms with Crippen molar-refractivity contribution in [1.29, 1.82) is 0 Å². The van der Waals surface area contributed by atoms with Gasteiger partial charge in [-0.3, -0.25) is 14.3 Å². The molecular weight excluding hydrogens is 282 g/mol. The summed E-state index contributed by atoms with van der Waals surface area (Å²) < 4.78 is 1.82. The molecule has 124 valence electrons. The highest BCUT2D eigenvalue weighted by atomic mass is 16.4. The van der Waals surface area contributed by atoms with Crippen LogP contribution >= 0.6 is 0 Å². The standard InChI is InChI=1S/C16H27N3O3/c1-7-16(5,9-14(20)21)17-15(22)10(2)8-13-11(3)18-19(6)12(13)4/h10H,7-9H2,1-6H3,(H,17,22)(H,20,21)/t10-,16-/m1/s1. The molecule has 1 heterocycles. The zero-order valence-electron chi connectivity index (χ0n) is 14.4. The van der Waals surface area contributed by atoms with Gasteiger partial charge in [0.15, 0.2) is 0 Å². The molecule has 0 fully saturated rings. The van der Waals surface area contributed by atoms with E-state index in [1.807, 2.05) is 39.4 Å². The SMILES string of the molecule is CC[C@](C)(CC(=O)O)NC(=O)[C@H](C)Cc1c(C)nn(C)c1C. The number of hydrogen-bond acceptors (Lipinski definition) is 3. The van der Waals surface area contributed by atoms with Crippen LogP contribution in [0.15, 0.2) is 0 Å². The Kier molecular flexibility index (Phi) is 5.74. The van der Waals surface area contributed by atoms with Crippen LogP contribution in [0.25, 0.3) is 0 Å². The van der Waals surface area contributed by atoms with Crippen LogP contribution in [-0.4, -0.2) is 32.3 Å². The van der Waals surface area contributed by atoms with E-state index in [-0.39, 0.29) is 18.2 Å². The maximum absolute atomic E-state index is 12.4. The number of aryl methyl sites for hydroxylation is 2. The third-order valence-electron chi connectivity index (χ3n) is 4.36. The van der Waals surface area contributed by atoms with E-state index in [4.69, 9.17) is 5.11 Å². The number of rotatable bonds is 7. The van der Waals surface area contributed by atoms with Crippen LogP contribution < -0.4 is 5.32 Å². The first-order valence-electron chi connectivity index (χ1n) is 7.62. The lowest BCUT2D eigenvalue weighted by molar-refractivity contribution is -0.139. The molecule has 0 radical (unpaired) electrons. The fourth-order valence-corrected chi connectivity index (χ4v) is 2.52. The van der Waals surface area contributed by atoms with Gasteiger partial charge in [-0.25, -0.2) is 0 Å². The highest BCUT2D eigenvalue weighted by molar-refractivity contribution is 5.80. The van der Waals surface area contributed by atoms with Gasteiger partial charge in [-0.1, -0.05) is 13.8 Å². The van der Waals surface area contributed by atoms with Crippen molar-refractivity contribution in [2.24, 2.45) is 13.0 Å². The fraction of sp³-hybridized carbons (Fsp3) is 0.688. The first kappa shape index (κ1) is 18.2. The van der Waals surface area contributed by atoms with Crippen molar-refractivity contribution in [2.45, 2.75) is 59.4 Å². The second-order valence-corrected chi connectivity index (χ2v) is 6.35. The van der Waals surface area contributed by atoms with Crippen LogP contribution in [0.1, 0.15) is 50.6 Å². The molecule has 0 saturated heterocycles. The first-order chi connectivity index (χ1) is 10.1. The Labute approximate surface area is 131 Å². The van der Waals surface area contributed by atoms with Crippen molar-refractivity contribution < 1.29 is 14.7 Å². The van der Waals surface area contributed by atoms with E-state index in [0.717, 1.165) is 17.0 Å². The van der Waals surface area contributed by atoms with E-state index >= 15 is 0 Å². The predicted molar refractivity (Wildman–Crippen MR) is 84.6 cm³/mol. The van der Waals surface area contributed by atoms with Gasteiger partial charge in [0.25, 0.3) is 0 Å². The van der Waals surface area contributed by atoms with Gasteiger partial charge in [0, 0.05) is 24.2 Å². The Morgan fingerprint density at radius 3 is 2.41 bits per heavy atom. The van der Waals surface area contributed by atoms with Crippen LogP contribution in [0.2, 0.25) is 0 Å². The number of aliphatic carboxylic acids is 1. The summed E-state index contributed by atoms with van der Waals surface area (Å²) >= 11 is 0. The van der Waals surface area contributed by atoms with Crippen LogP contribution in [-0.2, 0) is 23.1 Å². The number of carbonyl (C=O) groups is 2. The number of amides is 1. The molecule has 1 aromatic heterocycles. The molecular formula is C16H27N3O3. The van der Waals surface area contributed by atoms with Crippen LogP contribution in [0.4, 0.5) is 0 Å². The van der Waals surface area contributed by atoms with E-state index < -0.39 is 11.5 Å². The average Bonchev–Trinajstić information content (AvgIpc) is 2.64. The van der Waals surface area contributed by atoms with Crippen LogP contribution in [0.5, 0.6) is 0 Å². The Bertz CT molecular complexity index is 565. The van der Waals surface area contributed by atoms with Crippen molar-refractivity contribution >= 4 is 11.9 Å². The van der Waals surface area contributed by atoms with E-state index in [1.54, 1.807) is 6.92 Å². The maximum Gasteiger partial charge on any atom is 0.305 e. The Morgan fingerprint density at radius 2 is 2.00 bits per heavy atom. The average molecular weight is 309 g/mol. The lowest BCUT2D eigenvalue weighted by atomic mass is 9.92. The molecule has 1 amide bonds. The van der Waals surface area contributed by atoms with Gasteiger partial charge in [-0.05, 0) is 39.2 Å². The van der Waals surface area contributed by atoms with Crippen molar-refractivity contribution in [3.8, 4) is 0 Å². The summed E-state index contributed by atoms with van der Waals surface area (Å²) in [6.45, 7) is 9.43. The third-order valence-corrected chi connectivity index (χ3v) is 4.36. The van der Waals surface area contributed by atoms with Crippen molar-refractivity contribution in [2.75, 3.05) is 0 Å². The van der Waals surface area contributed by atoms with E-state index in [0.29, 0.717) is 12.8 Å². The number of nitrogens with zero attached hydrogens (tertiary/aromatic N) is 2. The lowest BCUT2D eigenvalue weighted by Gasteiger charge is -2.29. The van der Waals surface area contributed by atoms with Gasteiger partial charge in [0.2, 0.25) is 5.91 Å². The fourth-order valence-electron chi connectivity index (χ4n) is 2.52. The predicted octanol–water partition coefficient (Wildman–Crippen LogP) is 1.98. The minimum atomic E-state index is -0.906. The highest BCUT2D eigenvalue weighted by Crippen LogP contribution is 2.19. The summed E-state index contributed by atoms with van der Waals surface area (Å²) in [4.78, 5) is 23.3. The Hall–Kier alpha value is -1.85. The molecule has 2 N–H and O–H groups in total. The van der Waals surface area contributed by atoms with Crippen LogP contribution in [0, 0.1) is 19.8 Å². The van der Waals surface area contributed by atoms with E-state index in [2.05, 4.69) is 10.4 Å². The zero-order valence-corrected chi connectivity index (χ0v) is 14.4. The second-order valence-electron chi connectivity index (χ2n) is 6.35. The summed E-state index contributed by atoms with van der Waals surface area (Å²) in [5, 5.41) is 16.2. The quantitative estimate of drug-likeness (QED) is 0.806. The molecule has 2 atom stereocenters. The van der Waals surface area contributed by atoms with Gasteiger partial charge in [0.1, 0.15) is 0 Å². The topological polar surface area (TPSA) is 84.2 Å². The minimum absolute atomic E-state index is 0.0765. The van der Waals surface area contributed by atoms with Gasteiger partial charge >= 0.3 is 5.97 Å². The van der Waals surface area contributed by atoms with Crippen molar-refractivity contribution in [3.63, 3.8) is 0 Å². The van der Waals surface area contributed by atoms with E-state index in [9.17, 15) is 9.59 Å². The molecule has 0 unspecified atom stereocenters. The first-order valence-corrected chi connectivity index (χ1v) is 7.62. The Morgan fingerprint density at radius 1 is 1.41 bits per heavy atom. The number of carboxylic acids is 1. The Balaban J connectivity index is 2.78. The number of nitrogens with one attached hydrogen (secondary N) is 1. The molecule has 0 spiro atoms. The number of aromatic nitrogens is 2. The van der Waals surface area contributed by atoms with Gasteiger partial charge in [0.05, 0.1) is 12.1 Å². The summed E-state index contributed by atoms with van der Waals surface area (Å²) in [6.07, 6.45) is 1.10. The molecule has 1 aromatic rings. The minimum Gasteiger partial charge on any atom is -0.481 e. The van der Waals surface area contributed by atoms with Gasteiger partial charge in [-0.15, -0.1) is 0 Å². The third kappa shape index (κ3) is 4.32. The largest absolute Gasteiger partial charge is 0.481 e. The number of hydrogen-bond donors (Lipinski definition) is 2. The summed E-state index contributed by atoms with van der Waals surface area (Å²) in [5.74, 6) is -1.26.